The maximum Gasteiger partial charge on any atom is 0.407 e. The van der Waals surface area contributed by atoms with Gasteiger partial charge in [-0.05, 0) is 17.7 Å². The second-order valence-corrected chi connectivity index (χ2v) is 3.49. The number of hydrogen-bond donors (Lipinski definition) is 2. The maximum absolute atomic E-state index is 12.3. The van der Waals surface area contributed by atoms with Crippen LogP contribution < -0.4 is 5.73 Å². The van der Waals surface area contributed by atoms with Crippen LogP contribution in [0.3, 0.4) is 0 Å². The van der Waals surface area contributed by atoms with E-state index in [0.29, 0.717) is 0 Å². The predicted molar refractivity (Wildman–Crippen MR) is 51.4 cm³/mol. The van der Waals surface area contributed by atoms with Gasteiger partial charge in [0, 0.05) is 5.02 Å². The van der Waals surface area contributed by atoms with Crippen LogP contribution in [-0.4, -0.2) is 17.3 Å². The van der Waals surface area contributed by atoms with Crippen molar-refractivity contribution in [3.63, 3.8) is 0 Å². The van der Waals surface area contributed by atoms with Crippen LogP contribution >= 0.6 is 11.6 Å². The van der Waals surface area contributed by atoms with Gasteiger partial charge in [-0.25, -0.2) is 4.79 Å². The van der Waals surface area contributed by atoms with E-state index in [1.807, 2.05) is 0 Å². The Morgan fingerprint density at radius 1 is 1.44 bits per heavy atom. The summed E-state index contributed by atoms with van der Waals surface area (Å²) in [6, 6.07) is 0.722. The van der Waals surface area contributed by atoms with Crippen molar-refractivity contribution in [1.29, 1.82) is 0 Å². The molecule has 0 aliphatic heterocycles. The highest BCUT2D eigenvalue weighted by molar-refractivity contribution is 6.31. The molecule has 0 radical (unpaired) electrons. The highest BCUT2D eigenvalue weighted by atomic mass is 35.5. The van der Waals surface area contributed by atoms with Gasteiger partial charge in [-0.1, -0.05) is 17.7 Å². The summed E-state index contributed by atoms with van der Waals surface area (Å²) < 4.78 is 37.0. The molecule has 3 nitrogen and oxygen atoms in total. The fourth-order valence-electron chi connectivity index (χ4n) is 1.16. The smallest absolute Gasteiger partial charge is 0.407 e. The van der Waals surface area contributed by atoms with Crippen LogP contribution in [0, 0.1) is 0 Å². The van der Waals surface area contributed by atoms with Crippen molar-refractivity contribution in [3.05, 3.63) is 34.3 Å². The minimum atomic E-state index is -4.70. The molecule has 0 spiro atoms. The van der Waals surface area contributed by atoms with E-state index < -0.39 is 29.3 Å². The van der Waals surface area contributed by atoms with Crippen molar-refractivity contribution in [2.45, 2.75) is 12.2 Å². The molecule has 0 heterocycles. The quantitative estimate of drug-likeness (QED) is 0.851. The Kier molecular flexibility index (Phi) is 3.44. The number of carbonyl (C=O) groups is 1. The van der Waals surface area contributed by atoms with Crippen LogP contribution in [0.1, 0.15) is 22.0 Å². The molecular weight excluding hydrogens is 247 g/mol. The highest BCUT2D eigenvalue weighted by Gasteiger charge is 2.39. The maximum atomic E-state index is 12.3. The van der Waals surface area contributed by atoms with E-state index in [1.54, 1.807) is 0 Å². The number of benzene rings is 1. The zero-order valence-corrected chi connectivity index (χ0v) is 8.51. The normalized spacial score (nSPS) is 13.6. The Morgan fingerprint density at radius 3 is 2.44 bits per heavy atom. The van der Waals surface area contributed by atoms with Crippen molar-refractivity contribution in [2.75, 3.05) is 0 Å². The zero-order chi connectivity index (χ0) is 12.5. The van der Waals surface area contributed by atoms with Gasteiger partial charge in [0.1, 0.15) is 6.04 Å². The summed E-state index contributed by atoms with van der Waals surface area (Å²) in [5, 5.41) is 8.76. The SMILES string of the molecule is N[C@H](c1ccc(Cl)cc1C(=O)O)C(F)(F)F. The van der Waals surface area contributed by atoms with E-state index in [0.717, 1.165) is 18.2 Å². The minimum Gasteiger partial charge on any atom is -0.478 e. The van der Waals surface area contributed by atoms with Crippen molar-refractivity contribution in [3.8, 4) is 0 Å². The Hall–Kier alpha value is -1.27. The molecule has 0 fully saturated rings. The van der Waals surface area contributed by atoms with E-state index in [1.165, 1.54) is 0 Å². The number of halogens is 4. The molecule has 0 saturated carbocycles. The highest BCUT2D eigenvalue weighted by Crippen LogP contribution is 2.33. The predicted octanol–water partition coefficient (Wildman–Crippen LogP) is 2.60. The summed E-state index contributed by atoms with van der Waals surface area (Å²) >= 11 is 5.49. The molecule has 1 atom stereocenters. The molecule has 0 unspecified atom stereocenters. The van der Waals surface area contributed by atoms with Crippen molar-refractivity contribution in [2.24, 2.45) is 5.73 Å². The van der Waals surface area contributed by atoms with Gasteiger partial charge in [-0.15, -0.1) is 0 Å². The van der Waals surface area contributed by atoms with Crippen LogP contribution in [0.4, 0.5) is 13.2 Å². The zero-order valence-electron chi connectivity index (χ0n) is 7.75. The fraction of sp³-hybridized carbons (Fsp3) is 0.222. The van der Waals surface area contributed by atoms with Gasteiger partial charge in [0.2, 0.25) is 0 Å². The fourth-order valence-corrected chi connectivity index (χ4v) is 1.33. The van der Waals surface area contributed by atoms with E-state index in [2.05, 4.69) is 0 Å². The van der Waals surface area contributed by atoms with E-state index in [4.69, 9.17) is 22.4 Å². The van der Waals surface area contributed by atoms with Crippen LogP contribution in [0.2, 0.25) is 5.02 Å². The number of alkyl halides is 3. The number of carboxylic acid groups (broad SMARTS) is 1. The number of rotatable bonds is 2. The van der Waals surface area contributed by atoms with Gasteiger partial charge in [-0.2, -0.15) is 13.2 Å². The summed E-state index contributed by atoms with van der Waals surface area (Å²) in [7, 11) is 0. The third-order valence-electron chi connectivity index (χ3n) is 1.93. The first kappa shape index (κ1) is 12.8. The molecule has 1 aromatic rings. The summed E-state index contributed by atoms with van der Waals surface area (Å²) in [4.78, 5) is 10.7. The average molecular weight is 254 g/mol. The van der Waals surface area contributed by atoms with Crippen LogP contribution in [-0.2, 0) is 0 Å². The van der Waals surface area contributed by atoms with Gasteiger partial charge in [0.15, 0.2) is 0 Å². The number of hydrogen-bond acceptors (Lipinski definition) is 2. The summed E-state index contributed by atoms with van der Waals surface area (Å²) in [6.07, 6.45) is -4.70. The average Bonchev–Trinajstić information content (AvgIpc) is 2.15. The summed E-state index contributed by atoms with van der Waals surface area (Å²) in [5.74, 6) is -1.50. The molecule has 88 valence electrons. The first-order chi connectivity index (χ1) is 7.23. The lowest BCUT2D eigenvalue weighted by Gasteiger charge is -2.17. The van der Waals surface area contributed by atoms with E-state index >= 15 is 0 Å². The van der Waals surface area contributed by atoms with Gasteiger partial charge >= 0.3 is 12.1 Å². The Morgan fingerprint density at radius 2 is 2.00 bits per heavy atom. The molecule has 7 heteroatoms. The molecular formula is C9H7ClF3NO2. The first-order valence-electron chi connectivity index (χ1n) is 4.08. The van der Waals surface area contributed by atoms with Crippen LogP contribution in [0.25, 0.3) is 0 Å². The molecule has 0 aromatic heterocycles. The molecule has 1 aromatic carbocycles. The molecule has 0 amide bonds. The minimum absolute atomic E-state index is 0.0375. The largest absolute Gasteiger partial charge is 0.478 e. The molecule has 0 aliphatic rings. The lowest BCUT2D eigenvalue weighted by Crippen LogP contribution is -2.30. The van der Waals surface area contributed by atoms with Crippen molar-refractivity contribution >= 4 is 17.6 Å². The van der Waals surface area contributed by atoms with Crippen LogP contribution in [0.5, 0.6) is 0 Å². The molecule has 0 saturated heterocycles. The summed E-state index contributed by atoms with van der Waals surface area (Å²) in [6.45, 7) is 0. The molecule has 3 N–H and O–H groups in total. The topological polar surface area (TPSA) is 63.3 Å². The van der Waals surface area contributed by atoms with E-state index in [-0.39, 0.29) is 5.02 Å². The number of nitrogens with two attached hydrogens (primary N) is 1. The third-order valence-corrected chi connectivity index (χ3v) is 2.17. The van der Waals surface area contributed by atoms with Crippen molar-refractivity contribution < 1.29 is 23.1 Å². The lowest BCUT2D eigenvalue weighted by atomic mass is 10.0. The molecule has 1 rings (SSSR count). The van der Waals surface area contributed by atoms with Crippen molar-refractivity contribution in [1.82, 2.24) is 0 Å². The lowest BCUT2D eigenvalue weighted by molar-refractivity contribution is -0.149. The number of carboxylic acids is 1. The Balaban J connectivity index is 3.28. The standard InChI is InChI=1S/C9H7ClF3NO2/c10-4-1-2-5(6(3-4)8(15)16)7(14)9(11,12)13/h1-3,7H,14H2,(H,15,16)/t7-/m1/s1. The van der Waals surface area contributed by atoms with Crippen LogP contribution in [0.15, 0.2) is 18.2 Å². The summed E-state index contributed by atoms with van der Waals surface area (Å²) in [5.41, 5.74) is 3.88. The number of aromatic carboxylic acids is 1. The Bertz CT molecular complexity index is 420. The van der Waals surface area contributed by atoms with E-state index in [9.17, 15) is 18.0 Å². The van der Waals surface area contributed by atoms with Gasteiger partial charge in [0.25, 0.3) is 0 Å². The molecule has 16 heavy (non-hydrogen) atoms. The van der Waals surface area contributed by atoms with Gasteiger partial charge < -0.3 is 10.8 Å². The molecule has 0 aliphatic carbocycles. The van der Waals surface area contributed by atoms with Gasteiger partial charge in [-0.3, -0.25) is 0 Å². The monoisotopic (exact) mass is 253 g/mol. The van der Waals surface area contributed by atoms with Gasteiger partial charge in [0.05, 0.1) is 5.56 Å². The molecule has 0 bridgehead atoms. The third kappa shape index (κ3) is 2.65. The Labute approximate surface area is 93.6 Å². The second-order valence-electron chi connectivity index (χ2n) is 3.06. The first-order valence-corrected chi connectivity index (χ1v) is 4.46. The second kappa shape index (κ2) is 4.31.